The topological polar surface area (TPSA) is 66.6 Å². The lowest BCUT2D eigenvalue weighted by molar-refractivity contribution is 0.108. The highest BCUT2D eigenvalue weighted by Crippen LogP contribution is 2.22. The van der Waals surface area contributed by atoms with Crippen molar-refractivity contribution < 1.29 is 14.2 Å². The van der Waals surface area contributed by atoms with E-state index in [1.54, 1.807) is 12.1 Å². The van der Waals surface area contributed by atoms with Gasteiger partial charge in [-0.05, 0) is 19.4 Å². The van der Waals surface area contributed by atoms with Gasteiger partial charge in [-0.15, -0.1) is 0 Å². The summed E-state index contributed by atoms with van der Waals surface area (Å²) in [5, 5.41) is 0. The predicted molar refractivity (Wildman–Crippen MR) is 66.4 cm³/mol. The van der Waals surface area contributed by atoms with Gasteiger partial charge in [0.25, 0.3) is 0 Å². The number of hydrogen-bond acceptors (Lipinski definition) is 5. The number of nitrogens with two attached hydrogens (primary N) is 1. The van der Waals surface area contributed by atoms with Crippen LogP contribution in [0.2, 0.25) is 0 Å². The molecule has 0 aliphatic rings. The molecule has 0 aromatic carbocycles. The quantitative estimate of drug-likeness (QED) is 0.703. The van der Waals surface area contributed by atoms with Crippen molar-refractivity contribution in [2.24, 2.45) is 0 Å². The van der Waals surface area contributed by atoms with Crippen LogP contribution in [0, 0.1) is 0 Å². The minimum absolute atomic E-state index is 0.431. The zero-order valence-electron chi connectivity index (χ0n) is 10.4. The molecule has 1 heterocycles. The van der Waals surface area contributed by atoms with Gasteiger partial charge in [-0.25, -0.2) is 0 Å². The van der Waals surface area contributed by atoms with Crippen molar-refractivity contribution >= 4 is 5.69 Å². The molecule has 0 amide bonds. The van der Waals surface area contributed by atoms with E-state index in [9.17, 15) is 0 Å². The fourth-order valence-electron chi connectivity index (χ4n) is 1.18. The monoisotopic (exact) mass is 240 g/mol. The molecular weight excluding hydrogens is 220 g/mol. The summed E-state index contributed by atoms with van der Waals surface area (Å²) in [7, 11) is 0. The molecule has 0 aliphatic heterocycles. The second-order valence-electron chi connectivity index (χ2n) is 3.44. The predicted octanol–water partition coefficient (Wildman–Crippen LogP) is 1.87. The maximum absolute atomic E-state index is 5.74. The van der Waals surface area contributed by atoms with E-state index >= 15 is 0 Å². The van der Waals surface area contributed by atoms with E-state index in [1.165, 1.54) is 0 Å². The zero-order chi connectivity index (χ0) is 12.5. The SMILES string of the molecule is CCCOc1nc(OCCOCC)ccc1N. The first kappa shape index (κ1) is 13.6. The van der Waals surface area contributed by atoms with Gasteiger partial charge in [-0.1, -0.05) is 6.92 Å². The number of nitrogen functional groups attached to an aromatic ring is 1. The van der Waals surface area contributed by atoms with Crippen molar-refractivity contribution in [1.29, 1.82) is 0 Å². The molecule has 0 fully saturated rings. The van der Waals surface area contributed by atoms with Crippen molar-refractivity contribution in [3.63, 3.8) is 0 Å². The van der Waals surface area contributed by atoms with Crippen LogP contribution in [-0.2, 0) is 4.74 Å². The maximum Gasteiger partial charge on any atom is 0.240 e. The largest absolute Gasteiger partial charge is 0.476 e. The average molecular weight is 240 g/mol. The van der Waals surface area contributed by atoms with Gasteiger partial charge in [0, 0.05) is 12.7 Å². The molecule has 0 atom stereocenters. The molecule has 0 spiro atoms. The van der Waals surface area contributed by atoms with Crippen LogP contribution in [0.25, 0.3) is 0 Å². The van der Waals surface area contributed by atoms with E-state index in [2.05, 4.69) is 4.98 Å². The van der Waals surface area contributed by atoms with Crippen LogP contribution in [-0.4, -0.2) is 31.4 Å². The summed E-state index contributed by atoms with van der Waals surface area (Å²) in [4.78, 5) is 4.18. The summed E-state index contributed by atoms with van der Waals surface area (Å²) in [5.74, 6) is 0.936. The van der Waals surface area contributed by atoms with Crippen molar-refractivity contribution in [3.8, 4) is 11.8 Å². The Morgan fingerprint density at radius 3 is 2.65 bits per heavy atom. The van der Waals surface area contributed by atoms with Gasteiger partial charge in [0.2, 0.25) is 11.8 Å². The Morgan fingerprint density at radius 1 is 1.12 bits per heavy atom. The summed E-state index contributed by atoms with van der Waals surface area (Å²) in [5.41, 5.74) is 6.26. The molecule has 1 rings (SSSR count). The van der Waals surface area contributed by atoms with E-state index in [4.69, 9.17) is 19.9 Å². The van der Waals surface area contributed by atoms with E-state index in [1.807, 2.05) is 13.8 Å². The van der Waals surface area contributed by atoms with Gasteiger partial charge in [0.05, 0.1) is 18.9 Å². The molecule has 0 aliphatic carbocycles. The summed E-state index contributed by atoms with van der Waals surface area (Å²) >= 11 is 0. The third-order valence-electron chi connectivity index (χ3n) is 1.99. The smallest absolute Gasteiger partial charge is 0.240 e. The number of hydrogen-bond donors (Lipinski definition) is 1. The first-order valence-corrected chi connectivity index (χ1v) is 5.87. The highest BCUT2D eigenvalue weighted by molar-refractivity contribution is 5.49. The lowest BCUT2D eigenvalue weighted by Gasteiger charge is -2.09. The Hall–Kier alpha value is -1.49. The second kappa shape index (κ2) is 7.73. The fraction of sp³-hybridized carbons (Fsp3) is 0.583. The van der Waals surface area contributed by atoms with E-state index < -0.39 is 0 Å². The summed E-state index contributed by atoms with van der Waals surface area (Å²) in [6, 6.07) is 3.45. The van der Waals surface area contributed by atoms with E-state index in [0.29, 0.717) is 43.9 Å². The number of nitrogens with zero attached hydrogens (tertiary/aromatic N) is 1. The normalized spacial score (nSPS) is 10.2. The molecule has 1 aromatic heterocycles. The van der Waals surface area contributed by atoms with Crippen LogP contribution in [0.1, 0.15) is 20.3 Å². The van der Waals surface area contributed by atoms with Crippen LogP contribution in [0.4, 0.5) is 5.69 Å². The van der Waals surface area contributed by atoms with Gasteiger partial charge in [-0.3, -0.25) is 0 Å². The number of ether oxygens (including phenoxy) is 3. The first-order valence-electron chi connectivity index (χ1n) is 5.87. The van der Waals surface area contributed by atoms with Crippen molar-refractivity contribution in [2.75, 3.05) is 32.2 Å². The van der Waals surface area contributed by atoms with Gasteiger partial charge in [0.15, 0.2) is 0 Å². The molecule has 0 saturated carbocycles. The Morgan fingerprint density at radius 2 is 1.94 bits per heavy atom. The molecule has 96 valence electrons. The van der Waals surface area contributed by atoms with Crippen LogP contribution in [0.3, 0.4) is 0 Å². The minimum atomic E-state index is 0.431. The van der Waals surface area contributed by atoms with Crippen LogP contribution < -0.4 is 15.2 Å². The highest BCUT2D eigenvalue weighted by Gasteiger charge is 2.04. The number of anilines is 1. The van der Waals surface area contributed by atoms with Gasteiger partial charge >= 0.3 is 0 Å². The second-order valence-corrected chi connectivity index (χ2v) is 3.44. The van der Waals surface area contributed by atoms with Crippen LogP contribution in [0.5, 0.6) is 11.8 Å². The molecule has 17 heavy (non-hydrogen) atoms. The van der Waals surface area contributed by atoms with Crippen molar-refractivity contribution in [1.82, 2.24) is 4.98 Å². The number of aromatic nitrogens is 1. The zero-order valence-corrected chi connectivity index (χ0v) is 10.4. The lowest BCUT2D eigenvalue weighted by Crippen LogP contribution is -2.08. The van der Waals surface area contributed by atoms with E-state index in [0.717, 1.165) is 6.42 Å². The summed E-state index contributed by atoms with van der Waals surface area (Å²) in [6.45, 7) is 6.27. The van der Waals surface area contributed by atoms with Crippen molar-refractivity contribution in [2.45, 2.75) is 20.3 Å². The Kier molecular flexibility index (Phi) is 6.17. The first-order chi connectivity index (χ1) is 8.27. The van der Waals surface area contributed by atoms with Gasteiger partial charge in [0.1, 0.15) is 6.61 Å². The lowest BCUT2D eigenvalue weighted by atomic mass is 10.4. The standard InChI is InChI=1S/C12H20N2O3/c1-3-7-17-12-10(13)5-6-11(14-12)16-9-8-15-4-2/h5-6H,3-4,7-9,13H2,1-2H3. The van der Waals surface area contributed by atoms with Crippen LogP contribution in [0.15, 0.2) is 12.1 Å². The molecule has 0 radical (unpaired) electrons. The molecule has 0 unspecified atom stereocenters. The third kappa shape index (κ3) is 4.91. The Bertz CT molecular complexity index is 332. The molecule has 5 heteroatoms. The molecular formula is C12H20N2O3. The van der Waals surface area contributed by atoms with Crippen LogP contribution >= 0.6 is 0 Å². The van der Waals surface area contributed by atoms with Gasteiger partial charge < -0.3 is 19.9 Å². The molecule has 5 nitrogen and oxygen atoms in total. The number of rotatable bonds is 8. The molecule has 0 bridgehead atoms. The third-order valence-corrected chi connectivity index (χ3v) is 1.99. The Balaban J connectivity index is 2.49. The highest BCUT2D eigenvalue weighted by atomic mass is 16.5. The van der Waals surface area contributed by atoms with Crippen molar-refractivity contribution in [3.05, 3.63) is 12.1 Å². The summed E-state index contributed by atoms with van der Waals surface area (Å²) < 4.78 is 16.0. The average Bonchev–Trinajstić information content (AvgIpc) is 2.35. The van der Waals surface area contributed by atoms with Gasteiger partial charge in [-0.2, -0.15) is 4.98 Å². The Labute approximate surface area is 102 Å². The number of pyridine rings is 1. The fourth-order valence-corrected chi connectivity index (χ4v) is 1.18. The summed E-state index contributed by atoms with van der Waals surface area (Å²) in [6.07, 6.45) is 0.913. The van der Waals surface area contributed by atoms with E-state index in [-0.39, 0.29) is 0 Å². The molecule has 0 saturated heterocycles. The minimum Gasteiger partial charge on any atom is -0.476 e. The maximum atomic E-state index is 5.74. The molecule has 2 N–H and O–H groups in total. The molecule has 1 aromatic rings.